The highest BCUT2D eigenvalue weighted by Crippen LogP contribution is 2.26. The Morgan fingerprint density at radius 2 is 1.82 bits per heavy atom. The highest BCUT2D eigenvalue weighted by atomic mass is 16.6. The number of nitrogens with zero attached hydrogens (tertiary/aromatic N) is 1. The molecule has 1 N–H and O–H groups in total. The minimum absolute atomic E-state index is 0.295. The minimum Gasteiger partial charge on any atom is -0.492 e. The fourth-order valence-corrected chi connectivity index (χ4v) is 4.23. The lowest BCUT2D eigenvalue weighted by atomic mass is 10.1. The molecule has 0 bridgehead atoms. The van der Waals surface area contributed by atoms with Gasteiger partial charge in [0.25, 0.3) is 0 Å². The van der Waals surface area contributed by atoms with Crippen molar-refractivity contribution in [2.75, 3.05) is 26.3 Å². The van der Waals surface area contributed by atoms with Crippen molar-refractivity contribution in [1.82, 2.24) is 4.90 Å². The lowest BCUT2D eigenvalue weighted by Crippen LogP contribution is -2.39. The number of hydrogen-bond donors (Lipinski definition) is 1. The van der Waals surface area contributed by atoms with Crippen LogP contribution in [0.5, 0.6) is 11.5 Å². The van der Waals surface area contributed by atoms with E-state index in [0.717, 1.165) is 24.0 Å². The third-order valence-corrected chi connectivity index (χ3v) is 6.02. The zero-order valence-electron chi connectivity index (χ0n) is 20.1. The molecular weight excluding hydrogens is 434 g/mol. The molecule has 2 aromatic rings. The first kappa shape index (κ1) is 25.6. The van der Waals surface area contributed by atoms with Gasteiger partial charge < -0.3 is 24.2 Å². The summed E-state index contributed by atoms with van der Waals surface area (Å²) in [5.74, 6) is 0.739. The standard InChI is InChI=1S/C27H35NO6/c1-3-32-25(26(29)30)18-21-11-13-23(14-12-21)33-16-15-28(19-22-8-4-5-9-22)27(31)34-24-10-6-7-20(2)17-24/h6-7,10-14,17,22,25H,3-5,8-9,15-16,18-19H2,1-2H3,(H,29,30). The van der Waals surface area contributed by atoms with Gasteiger partial charge in [-0.1, -0.05) is 37.1 Å². The summed E-state index contributed by atoms with van der Waals surface area (Å²) in [6.45, 7) is 5.52. The maximum absolute atomic E-state index is 12.9. The summed E-state index contributed by atoms with van der Waals surface area (Å²) in [4.78, 5) is 25.9. The summed E-state index contributed by atoms with van der Waals surface area (Å²) in [5.41, 5.74) is 1.90. The van der Waals surface area contributed by atoms with Crippen molar-refractivity contribution in [1.29, 1.82) is 0 Å². The first-order valence-electron chi connectivity index (χ1n) is 12.0. The average Bonchev–Trinajstić information content (AvgIpc) is 3.32. The van der Waals surface area contributed by atoms with Gasteiger partial charge in [-0.2, -0.15) is 0 Å². The Balaban J connectivity index is 1.54. The quantitative estimate of drug-likeness (QED) is 0.466. The molecule has 184 valence electrons. The van der Waals surface area contributed by atoms with Gasteiger partial charge in [-0.3, -0.25) is 0 Å². The molecule has 1 atom stereocenters. The number of amides is 1. The van der Waals surface area contributed by atoms with Gasteiger partial charge in [-0.25, -0.2) is 9.59 Å². The van der Waals surface area contributed by atoms with E-state index >= 15 is 0 Å². The Labute approximate surface area is 201 Å². The van der Waals surface area contributed by atoms with E-state index < -0.39 is 12.1 Å². The lowest BCUT2D eigenvalue weighted by Gasteiger charge is -2.25. The monoisotopic (exact) mass is 469 g/mol. The van der Waals surface area contributed by atoms with Crippen molar-refractivity contribution < 1.29 is 28.9 Å². The van der Waals surface area contributed by atoms with Crippen LogP contribution in [0, 0.1) is 12.8 Å². The molecule has 0 saturated heterocycles. The average molecular weight is 470 g/mol. The van der Waals surface area contributed by atoms with E-state index in [0.29, 0.717) is 50.1 Å². The number of benzene rings is 2. The van der Waals surface area contributed by atoms with Crippen molar-refractivity contribution in [3.05, 3.63) is 59.7 Å². The molecule has 1 saturated carbocycles. The number of carboxylic acid groups (broad SMARTS) is 1. The van der Waals surface area contributed by atoms with E-state index in [-0.39, 0.29) is 6.09 Å². The number of carbonyl (C=O) groups is 2. The van der Waals surface area contributed by atoms with Crippen LogP contribution in [0.25, 0.3) is 0 Å². The Kier molecular flexibility index (Phi) is 9.76. The Morgan fingerprint density at radius 1 is 1.09 bits per heavy atom. The number of aryl methyl sites for hydroxylation is 1. The smallest absolute Gasteiger partial charge is 0.415 e. The van der Waals surface area contributed by atoms with Crippen LogP contribution in [0.1, 0.15) is 43.7 Å². The Morgan fingerprint density at radius 3 is 2.47 bits per heavy atom. The highest BCUT2D eigenvalue weighted by molar-refractivity contribution is 5.72. The van der Waals surface area contributed by atoms with E-state index in [1.165, 1.54) is 12.8 Å². The first-order chi connectivity index (χ1) is 16.4. The van der Waals surface area contributed by atoms with Gasteiger partial charge in [0.15, 0.2) is 6.10 Å². The number of rotatable bonds is 12. The van der Waals surface area contributed by atoms with Gasteiger partial charge in [0, 0.05) is 19.6 Å². The summed E-state index contributed by atoms with van der Waals surface area (Å²) in [6.07, 6.45) is 3.77. The van der Waals surface area contributed by atoms with E-state index in [9.17, 15) is 14.7 Å². The minimum atomic E-state index is -0.970. The molecule has 0 aliphatic heterocycles. The number of carbonyl (C=O) groups excluding carboxylic acids is 1. The molecule has 3 rings (SSSR count). The maximum atomic E-state index is 12.9. The van der Waals surface area contributed by atoms with Gasteiger partial charge in [-0.15, -0.1) is 0 Å². The van der Waals surface area contributed by atoms with Crippen LogP contribution in [0.2, 0.25) is 0 Å². The van der Waals surface area contributed by atoms with Crippen molar-refractivity contribution in [2.24, 2.45) is 5.92 Å². The van der Waals surface area contributed by atoms with E-state index in [1.54, 1.807) is 17.9 Å². The van der Waals surface area contributed by atoms with Gasteiger partial charge >= 0.3 is 12.1 Å². The molecule has 2 aromatic carbocycles. The largest absolute Gasteiger partial charge is 0.492 e. The summed E-state index contributed by atoms with van der Waals surface area (Å²) >= 11 is 0. The predicted molar refractivity (Wildman–Crippen MR) is 129 cm³/mol. The highest BCUT2D eigenvalue weighted by Gasteiger charge is 2.23. The molecule has 1 unspecified atom stereocenters. The van der Waals surface area contributed by atoms with Crippen LogP contribution in [0.3, 0.4) is 0 Å². The van der Waals surface area contributed by atoms with Crippen LogP contribution in [0.15, 0.2) is 48.5 Å². The normalized spacial score (nSPS) is 14.5. The molecular formula is C27H35NO6. The second-order valence-corrected chi connectivity index (χ2v) is 8.76. The first-order valence-corrected chi connectivity index (χ1v) is 12.0. The second kappa shape index (κ2) is 13.0. The topological polar surface area (TPSA) is 85.3 Å². The third-order valence-electron chi connectivity index (χ3n) is 6.02. The summed E-state index contributed by atoms with van der Waals surface area (Å²) in [5, 5.41) is 9.25. The van der Waals surface area contributed by atoms with Crippen LogP contribution >= 0.6 is 0 Å². The molecule has 1 aliphatic rings. The number of ether oxygens (including phenoxy) is 3. The van der Waals surface area contributed by atoms with Gasteiger partial charge in [0.1, 0.15) is 18.1 Å². The Hall–Kier alpha value is -3.06. The zero-order chi connectivity index (χ0) is 24.3. The van der Waals surface area contributed by atoms with E-state index in [4.69, 9.17) is 14.2 Å². The molecule has 7 heteroatoms. The summed E-state index contributed by atoms with van der Waals surface area (Å²) in [7, 11) is 0. The van der Waals surface area contributed by atoms with Crippen LogP contribution in [-0.4, -0.2) is 54.5 Å². The fourth-order valence-electron chi connectivity index (χ4n) is 4.23. The van der Waals surface area contributed by atoms with E-state index in [1.807, 2.05) is 49.4 Å². The molecule has 7 nitrogen and oxygen atoms in total. The zero-order valence-corrected chi connectivity index (χ0v) is 20.1. The van der Waals surface area contributed by atoms with Crippen LogP contribution in [0.4, 0.5) is 4.79 Å². The second-order valence-electron chi connectivity index (χ2n) is 8.76. The van der Waals surface area contributed by atoms with Gasteiger partial charge in [0.2, 0.25) is 0 Å². The molecule has 0 radical (unpaired) electrons. The third kappa shape index (κ3) is 8.06. The molecule has 34 heavy (non-hydrogen) atoms. The van der Waals surface area contributed by atoms with Crippen LogP contribution in [-0.2, 0) is 16.0 Å². The molecule has 1 amide bonds. The fraction of sp³-hybridized carbons (Fsp3) is 0.481. The molecule has 1 aliphatic carbocycles. The SMILES string of the molecule is CCOC(Cc1ccc(OCCN(CC2CCCC2)C(=O)Oc2cccc(C)c2)cc1)C(=O)O. The van der Waals surface area contributed by atoms with Crippen molar-refractivity contribution in [2.45, 2.75) is 52.1 Å². The number of hydrogen-bond acceptors (Lipinski definition) is 5. The summed E-state index contributed by atoms with van der Waals surface area (Å²) in [6, 6.07) is 14.8. The predicted octanol–water partition coefficient (Wildman–Crippen LogP) is 5.10. The number of aliphatic carboxylic acids is 1. The van der Waals surface area contributed by atoms with Crippen molar-refractivity contribution in [3.63, 3.8) is 0 Å². The number of carboxylic acids is 1. The lowest BCUT2D eigenvalue weighted by molar-refractivity contribution is -0.149. The van der Waals surface area contributed by atoms with E-state index in [2.05, 4.69) is 0 Å². The van der Waals surface area contributed by atoms with Crippen LogP contribution < -0.4 is 9.47 Å². The molecule has 0 aromatic heterocycles. The molecule has 0 spiro atoms. The van der Waals surface area contributed by atoms with Crippen molar-refractivity contribution in [3.8, 4) is 11.5 Å². The maximum Gasteiger partial charge on any atom is 0.415 e. The molecule has 0 heterocycles. The van der Waals surface area contributed by atoms with Crippen molar-refractivity contribution >= 4 is 12.1 Å². The molecule has 1 fully saturated rings. The van der Waals surface area contributed by atoms with Gasteiger partial charge in [0.05, 0.1) is 6.54 Å². The Bertz CT molecular complexity index is 923. The summed E-state index contributed by atoms with van der Waals surface area (Å²) < 4.78 is 16.8. The van der Waals surface area contributed by atoms with Gasteiger partial charge in [-0.05, 0) is 68.0 Å².